The van der Waals surface area contributed by atoms with Gasteiger partial charge >= 0.3 is 6.18 Å². The molecular formula is C19H26F3N5O2. The number of aromatic nitrogens is 2. The van der Waals surface area contributed by atoms with Crippen LogP contribution in [0.1, 0.15) is 25.7 Å². The Hall–Kier alpha value is -1.81. The van der Waals surface area contributed by atoms with E-state index in [1.165, 1.54) is 15.5 Å². The molecule has 0 unspecified atom stereocenters. The highest BCUT2D eigenvalue weighted by molar-refractivity contribution is 5.49. The maximum Gasteiger partial charge on any atom is 0.408 e. The van der Waals surface area contributed by atoms with E-state index in [0.717, 1.165) is 32.4 Å². The normalized spacial score (nSPS) is 30.1. The van der Waals surface area contributed by atoms with E-state index in [9.17, 15) is 18.0 Å². The highest BCUT2D eigenvalue weighted by Crippen LogP contribution is 2.37. The Morgan fingerprint density at radius 3 is 2.69 bits per heavy atom. The molecule has 1 aromatic rings. The molecule has 4 aliphatic rings. The molecule has 0 spiro atoms. The second kappa shape index (κ2) is 7.16. The predicted molar refractivity (Wildman–Crippen MR) is 101 cm³/mol. The number of nitrogens with zero attached hydrogens (tertiary/aromatic N) is 4. The zero-order chi connectivity index (χ0) is 20.2. The molecule has 4 aliphatic heterocycles. The molecule has 3 saturated heterocycles. The number of hydrogen-bond donors (Lipinski definition) is 1. The number of anilines is 2. The van der Waals surface area contributed by atoms with Crippen LogP contribution in [0.15, 0.2) is 10.9 Å². The summed E-state index contributed by atoms with van der Waals surface area (Å²) in [7, 11) is 0. The molecule has 5 rings (SSSR count). The van der Waals surface area contributed by atoms with Gasteiger partial charge in [0.05, 0.1) is 18.8 Å². The second-order valence-electron chi connectivity index (χ2n) is 8.59. The number of halogens is 3. The summed E-state index contributed by atoms with van der Waals surface area (Å²) in [6.07, 6.45) is -1.81. The molecule has 5 heterocycles. The monoisotopic (exact) mass is 413 g/mol. The van der Waals surface area contributed by atoms with Crippen molar-refractivity contribution in [2.24, 2.45) is 5.92 Å². The van der Waals surface area contributed by atoms with Gasteiger partial charge in [0, 0.05) is 25.7 Å². The Bertz CT molecular complexity index is 823. The molecule has 0 aliphatic carbocycles. The van der Waals surface area contributed by atoms with Gasteiger partial charge in [-0.15, -0.1) is 0 Å². The van der Waals surface area contributed by atoms with Gasteiger partial charge in [-0.05, 0) is 44.7 Å². The lowest BCUT2D eigenvalue weighted by Crippen LogP contribution is -2.54. The number of nitrogens with one attached hydrogen (secondary N) is 1. The number of hydrogen-bond acceptors (Lipinski definition) is 6. The van der Waals surface area contributed by atoms with E-state index in [0.29, 0.717) is 19.0 Å². The Balaban J connectivity index is 1.51. The van der Waals surface area contributed by atoms with Crippen molar-refractivity contribution in [1.29, 1.82) is 0 Å². The van der Waals surface area contributed by atoms with Gasteiger partial charge in [0.25, 0.3) is 5.56 Å². The molecule has 29 heavy (non-hydrogen) atoms. The molecule has 7 nitrogen and oxygen atoms in total. The number of rotatable bonds is 3. The number of morpholine rings is 1. The van der Waals surface area contributed by atoms with E-state index >= 15 is 0 Å². The van der Waals surface area contributed by atoms with Crippen LogP contribution >= 0.6 is 0 Å². The maximum atomic E-state index is 13.9. The smallest absolute Gasteiger partial charge is 0.374 e. The minimum Gasteiger partial charge on any atom is -0.374 e. The van der Waals surface area contributed by atoms with Gasteiger partial charge in [-0.25, -0.2) is 0 Å². The Morgan fingerprint density at radius 1 is 1.24 bits per heavy atom. The van der Waals surface area contributed by atoms with Crippen molar-refractivity contribution in [3.05, 3.63) is 16.4 Å². The summed E-state index contributed by atoms with van der Waals surface area (Å²) >= 11 is 0. The third-order valence-corrected chi connectivity index (χ3v) is 6.72. The standard InChI is InChI=1S/C19H26F3N5O2/c20-19(21,22)15-3-6-25-17(28)8-16(26-10-14-7-13(26)11-29-14)24-18(25)27(15)9-12-1-4-23-5-2-12/h8,12-15,23H,1-7,9-11H2/t13-,14-,15-/m0/s1. The van der Waals surface area contributed by atoms with Crippen LogP contribution in [0.2, 0.25) is 0 Å². The van der Waals surface area contributed by atoms with Crippen molar-refractivity contribution < 1.29 is 17.9 Å². The third kappa shape index (κ3) is 3.50. The van der Waals surface area contributed by atoms with Crippen LogP contribution in [0.5, 0.6) is 0 Å². The van der Waals surface area contributed by atoms with E-state index in [4.69, 9.17) is 4.74 Å². The van der Waals surface area contributed by atoms with Crippen LogP contribution in [-0.2, 0) is 11.3 Å². The number of fused-ring (bicyclic) bond motifs is 3. The molecule has 0 saturated carbocycles. The largest absolute Gasteiger partial charge is 0.408 e. The van der Waals surface area contributed by atoms with Crippen LogP contribution in [0.25, 0.3) is 0 Å². The van der Waals surface area contributed by atoms with Crippen molar-refractivity contribution in [2.45, 2.75) is 56.6 Å². The first kappa shape index (κ1) is 19.2. The van der Waals surface area contributed by atoms with E-state index in [1.54, 1.807) is 0 Å². The lowest BCUT2D eigenvalue weighted by molar-refractivity contribution is -0.153. The van der Waals surface area contributed by atoms with Gasteiger partial charge < -0.3 is 19.9 Å². The summed E-state index contributed by atoms with van der Waals surface area (Å²) in [4.78, 5) is 20.8. The fraction of sp³-hybridized carbons (Fsp3) is 0.789. The van der Waals surface area contributed by atoms with Gasteiger partial charge in [0.2, 0.25) is 5.95 Å². The van der Waals surface area contributed by atoms with Gasteiger partial charge in [-0.2, -0.15) is 18.2 Å². The van der Waals surface area contributed by atoms with Gasteiger partial charge in [0.15, 0.2) is 0 Å². The topological polar surface area (TPSA) is 62.6 Å². The first-order chi connectivity index (χ1) is 13.9. The lowest BCUT2D eigenvalue weighted by atomic mass is 9.96. The fourth-order valence-corrected chi connectivity index (χ4v) is 5.18. The molecule has 3 atom stereocenters. The highest BCUT2D eigenvalue weighted by Gasteiger charge is 2.48. The third-order valence-electron chi connectivity index (χ3n) is 6.72. The second-order valence-corrected chi connectivity index (χ2v) is 8.59. The quantitative estimate of drug-likeness (QED) is 0.808. The van der Waals surface area contributed by atoms with Gasteiger partial charge in [-0.1, -0.05) is 0 Å². The molecule has 1 aromatic heterocycles. The number of alkyl halides is 3. The summed E-state index contributed by atoms with van der Waals surface area (Å²) in [6.45, 7) is 3.16. The molecular weight excluding hydrogens is 387 g/mol. The molecule has 0 radical (unpaired) electrons. The molecule has 2 bridgehead atoms. The predicted octanol–water partition coefficient (Wildman–Crippen LogP) is 1.36. The van der Waals surface area contributed by atoms with Crippen molar-refractivity contribution in [3.63, 3.8) is 0 Å². The maximum absolute atomic E-state index is 13.9. The van der Waals surface area contributed by atoms with Crippen molar-refractivity contribution in [3.8, 4) is 0 Å². The molecule has 0 amide bonds. The Morgan fingerprint density at radius 2 is 2.03 bits per heavy atom. The summed E-state index contributed by atoms with van der Waals surface area (Å²) in [5.41, 5.74) is -0.273. The summed E-state index contributed by atoms with van der Waals surface area (Å²) in [5, 5.41) is 3.25. The highest BCUT2D eigenvalue weighted by atomic mass is 19.4. The van der Waals surface area contributed by atoms with Crippen LogP contribution in [0.3, 0.4) is 0 Å². The lowest BCUT2D eigenvalue weighted by Gasteiger charge is -2.41. The molecule has 0 aromatic carbocycles. The van der Waals surface area contributed by atoms with Crippen LogP contribution in [0, 0.1) is 5.92 Å². The SMILES string of the molecule is O=c1cc(N2C[C@@H]3C[C@H]2CO3)nc2n1CC[C@@H](C(F)(F)F)N2CC1CCNCC1. The average molecular weight is 413 g/mol. The zero-order valence-corrected chi connectivity index (χ0v) is 16.2. The number of ether oxygens (including phenoxy) is 1. The van der Waals surface area contributed by atoms with Crippen molar-refractivity contribution in [1.82, 2.24) is 14.9 Å². The molecule has 1 N–H and O–H groups in total. The average Bonchev–Trinajstić information content (AvgIpc) is 3.32. The van der Waals surface area contributed by atoms with Crippen LogP contribution in [-0.4, -0.2) is 66.7 Å². The van der Waals surface area contributed by atoms with Gasteiger partial charge in [0.1, 0.15) is 11.9 Å². The summed E-state index contributed by atoms with van der Waals surface area (Å²) < 4.78 is 48.6. The summed E-state index contributed by atoms with van der Waals surface area (Å²) in [6, 6.07) is 0.0219. The minimum atomic E-state index is -4.35. The Kier molecular flexibility index (Phi) is 4.73. The molecule has 160 valence electrons. The first-order valence-corrected chi connectivity index (χ1v) is 10.4. The first-order valence-electron chi connectivity index (χ1n) is 10.4. The van der Waals surface area contributed by atoms with Crippen LogP contribution < -0.4 is 20.7 Å². The van der Waals surface area contributed by atoms with Gasteiger partial charge in [-0.3, -0.25) is 9.36 Å². The Labute approximate surface area is 166 Å². The van der Waals surface area contributed by atoms with E-state index in [1.807, 2.05) is 4.90 Å². The fourth-order valence-electron chi connectivity index (χ4n) is 5.18. The summed E-state index contributed by atoms with van der Waals surface area (Å²) in [5.74, 6) is 0.808. The molecule has 10 heteroatoms. The van der Waals surface area contributed by atoms with E-state index in [-0.39, 0.29) is 49.1 Å². The van der Waals surface area contributed by atoms with Crippen LogP contribution in [0.4, 0.5) is 24.9 Å². The van der Waals surface area contributed by atoms with Crippen molar-refractivity contribution in [2.75, 3.05) is 42.6 Å². The zero-order valence-electron chi connectivity index (χ0n) is 16.2. The number of piperidine rings is 1. The van der Waals surface area contributed by atoms with E-state index < -0.39 is 12.2 Å². The van der Waals surface area contributed by atoms with E-state index in [2.05, 4.69) is 10.3 Å². The molecule has 3 fully saturated rings. The van der Waals surface area contributed by atoms with Crippen molar-refractivity contribution >= 4 is 11.8 Å². The minimum absolute atomic E-state index is 0.0451.